The van der Waals surface area contributed by atoms with E-state index in [2.05, 4.69) is 244 Å². The van der Waals surface area contributed by atoms with E-state index in [1.807, 2.05) is 0 Å². The van der Waals surface area contributed by atoms with Crippen LogP contribution in [-0.4, -0.2) is 11.4 Å². The summed E-state index contributed by atoms with van der Waals surface area (Å²) in [6.07, 6.45) is 2.30. The van der Waals surface area contributed by atoms with E-state index in [0.29, 0.717) is 0 Å². The molecule has 4 heteroatoms. The van der Waals surface area contributed by atoms with Gasteiger partial charge in [-0.3, -0.25) is 0 Å². The molecule has 0 atom stereocenters. The maximum atomic E-state index is 7.34. The predicted octanol–water partition coefficient (Wildman–Crippen LogP) is 17.4. The third-order valence-electron chi connectivity index (χ3n) is 18.1. The number of rotatable bonds is 3. The number of anilines is 2. The van der Waals surface area contributed by atoms with Gasteiger partial charge < -0.3 is 13.8 Å². The van der Waals surface area contributed by atoms with Gasteiger partial charge in [0.15, 0.2) is 0 Å². The lowest BCUT2D eigenvalue weighted by molar-refractivity contribution is 0.332. The number of aromatic nitrogens is 1. The molecule has 4 heterocycles. The van der Waals surface area contributed by atoms with Crippen molar-refractivity contribution in [3.63, 3.8) is 0 Å². The Morgan fingerprint density at radius 1 is 0.521 bits per heavy atom. The Labute approximate surface area is 432 Å². The molecule has 2 aromatic heterocycles. The minimum Gasteiger partial charge on any atom is -0.455 e. The van der Waals surface area contributed by atoms with Crippen LogP contribution in [0.25, 0.3) is 83.2 Å². The Morgan fingerprint density at radius 3 is 1.81 bits per heavy atom. The molecule has 0 saturated heterocycles. The smallest absolute Gasteiger partial charge is 0.333 e. The maximum absolute atomic E-state index is 7.34. The first-order valence-electron chi connectivity index (χ1n) is 26.8. The number of hydrogen-bond acceptors (Lipinski definition) is 2. The van der Waals surface area contributed by atoms with Crippen LogP contribution >= 0.6 is 0 Å². The van der Waals surface area contributed by atoms with Crippen molar-refractivity contribution in [2.75, 3.05) is 4.81 Å². The summed E-state index contributed by atoms with van der Waals surface area (Å²) in [6.45, 7) is 28.8. The average molecular weight is 949 g/mol. The van der Waals surface area contributed by atoms with E-state index >= 15 is 0 Å². The van der Waals surface area contributed by atoms with Crippen LogP contribution in [0.4, 0.5) is 11.4 Å². The van der Waals surface area contributed by atoms with Gasteiger partial charge in [0, 0.05) is 55.3 Å². The largest absolute Gasteiger partial charge is 0.455 e. The summed E-state index contributed by atoms with van der Waals surface area (Å²) in [5.41, 5.74) is 26.9. The summed E-state index contributed by atoms with van der Waals surface area (Å²) in [4.78, 5) is 2.76. The van der Waals surface area contributed by atoms with Gasteiger partial charge in [-0.25, -0.2) is 0 Å². The minimum atomic E-state index is -0.286. The van der Waals surface area contributed by atoms with E-state index in [9.17, 15) is 0 Å². The van der Waals surface area contributed by atoms with Crippen molar-refractivity contribution in [1.82, 2.24) is 4.57 Å². The highest BCUT2D eigenvalue weighted by Crippen LogP contribution is 2.61. The van der Waals surface area contributed by atoms with Crippen molar-refractivity contribution in [2.24, 2.45) is 0 Å². The van der Waals surface area contributed by atoms with Crippen LogP contribution in [0.2, 0.25) is 0 Å². The van der Waals surface area contributed by atoms with Crippen molar-refractivity contribution >= 4 is 61.9 Å². The molecule has 2 aliphatic heterocycles. The summed E-state index contributed by atoms with van der Waals surface area (Å²) in [6, 6.07) is 58.2. The van der Waals surface area contributed by atoms with Gasteiger partial charge in [-0.2, -0.15) is 0 Å². The highest BCUT2D eigenvalue weighted by Gasteiger charge is 2.51. The Bertz CT molecular complexity index is 4000. The fraction of sp³-hybridized carbons (Fsp3) is 0.275. The van der Waals surface area contributed by atoms with E-state index in [1.165, 1.54) is 105 Å². The Hall–Kier alpha value is -7.04. The molecule has 4 aliphatic rings. The molecule has 3 nitrogen and oxygen atoms in total. The monoisotopic (exact) mass is 949 g/mol. The fourth-order valence-electron chi connectivity index (χ4n) is 14.1. The van der Waals surface area contributed by atoms with Crippen LogP contribution in [0.15, 0.2) is 156 Å². The molecule has 0 N–H and O–H groups in total. The third kappa shape index (κ3) is 6.07. The Kier molecular flexibility index (Phi) is 8.92. The van der Waals surface area contributed by atoms with Gasteiger partial charge in [-0.15, -0.1) is 0 Å². The van der Waals surface area contributed by atoms with Crippen molar-refractivity contribution in [1.29, 1.82) is 0 Å². The molecule has 2 aliphatic carbocycles. The molecule has 0 bridgehead atoms. The van der Waals surface area contributed by atoms with Gasteiger partial charge in [0.05, 0.1) is 11.0 Å². The molecule has 0 radical (unpaired) electrons. The number of furan rings is 1. The highest BCUT2D eigenvalue weighted by atomic mass is 16.3. The second-order valence-electron chi connectivity index (χ2n) is 25.9. The van der Waals surface area contributed by atoms with Gasteiger partial charge in [0.2, 0.25) is 0 Å². The number of benzene rings is 8. The Balaban J connectivity index is 1.22. The maximum Gasteiger partial charge on any atom is 0.333 e. The topological polar surface area (TPSA) is 21.3 Å². The van der Waals surface area contributed by atoms with Crippen molar-refractivity contribution < 1.29 is 4.42 Å². The predicted molar refractivity (Wildman–Crippen MR) is 311 cm³/mol. The molecule has 0 fully saturated rings. The van der Waals surface area contributed by atoms with Crippen LogP contribution in [-0.2, 0) is 27.1 Å². The summed E-state index contributed by atoms with van der Waals surface area (Å²) in [5.74, 6) is 0.900. The zero-order valence-corrected chi connectivity index (χ0v) is 44.7. The molecule has 0 spiro atoms. The van der Waals surface area contributed by atoms with E-state index in [0.717, 1.165) is 46.3 Å². The molecular weight excluding hydrogens is 884 g/mol. The van der Waals surface area contributed by atoms with Crippen LogP contribution in [0.5, 0.6) is 0 Å². The number of hydrogen-bond donors (Lipinski definition) is 0. The second-order valence-corrected chi connectivity index (χ2v) is 25.9. The lowest BCUT2D eigenvalue weighted by Crippen LogP contribution is -2.61. The number of nitrogens with zero attached hydrogens (tertiary/aromatic N) is 2. The summed E-state index contributed by atoms with van der Waals surface area (Å²) < 4.78 is 10.0. The van der Waals surface area contributed by atoms with E-state index in [1.54, 1.807) is 0 Å². The molecule has 14 rings (SSSR count). The molecule has 0 saturated carbocycles. The molecule has 360 valence electrons. The lowest BCUT2D eigenvalue weighted by Gasteiger charge is -2.47. The summed E-state index contributed by atoms with van der Waals surface area (Å²) in [5, 5.41) is 3.81. The number of fused-ring (bicyclic) bond motifs is 15. The van der Waals surface area contributed by atoms with Crippen LogP contribution < -0.4 is 15.7 Å². The zero-order valence-electron chi connectivity index (χ0n) is 44.7. The van der Waals surface area contributed by atoms with Crippen LogP contribution in [0, 0.1) is 0 Å². The fourth-order valence-corrected chi connectivity index (χ4v) is 14.1. The zero-order chi connectivity index (χ0) is 50.5. The van der Waals surface area contributed by atoms with Crippen LogP contribution in [0.3, 0.4) is 0 Å². The van der Waals surface area contributed by atoms with Gasteiger partial charge in [0.1, 0.15) is 11.3 Å². The van der Waals surface area contributed by atoms with E-state index in [4.69, 9.17) is 4.42 Å². The van der Waals surface area contributed by atoms with Gasteiger partial charge >= 0.3 is 6.85 Å². The van der Waals surface area contributed by atoms with Crippen molar-refractivity contribution in [3.8, 4) is 50.4 Å². The Morgan fingerprint density at radius 2 is 1.14 bits per heavy atom. The van der Waals surface area contributed by atoms with E-state index < -0.39 is 0 Å². The van der Waals surface area contributed by atoms with Gasteiger partial charge in [-0.1, -0.05) is 186 Å². The first-order valence-corrected chi connectivity index (χ1v) is 26.8. The van der Waals surface area contributed by atoms with Crippen molar-refractivity contribution in [3.05, 3.63) is 185 Å². The molecule has 0 unspecified atom stereocenters. The van der Waals surface area contributed by atoms with Gasteiger partial charge in [0.25, 0.3) is 0 Å². The van der Waals surface area contributed by atoms with Crippen LogP contribution in [0.1, 0.15) is 129 Å². The quantitative estimate of drug-likeness (QED) is 0.165. The van der Waals surface area contributed by atoms with E-state index in [-0.39, 0.29) is 33.9 Å². The molecular formula is C69H65BN2O. The average Bonchev–Trinajstić information content (AvgIpc) is 4.02. The SMILES string of the molecule is CC(C)(C)c1ccc(N2B3c4cc5oc(-c6ccccc6)c(-c6ccccc6)c5cc4-n4c5ccc(C(C)(C)C)cc5c5c6c(c(c3c54)-c3cc4c(cc32)C(C)(C)CCC4(C)C)C(C)(C)c2ccccc2-6)cc1. The molecule has 73 heavy (non-hydrogen) atoms. The minimum absolute atomic E-state index is 0.00694. The second kappa shape index (κ2) is 14.6. The van der Waals surface area contributed by atoms with Crippen molar-refractivity contribution in [2.45, 2.75) is 123 Å². The normalized spacial score (nSPS) is 16.7. The standard InChI is InChI=1S/C69H65BN2O/c1-65(2,3)42-27-30-44(31-28-42)72-54-38-51-50(67(7,8)33-34-68(51,9)10)36-47(54)60-61-58(45-25-19-20-26-49(45)69(61,11)12)59-46-35-43(66(4,5)6)29-32-53(46)71-55-37-48-56(39-52(55)70(72)62(60)63(59)71)73-64(41-23-17-14-18-24-41)57(48)40-21-15-13-16-22-40/h13-32,35-39H,33-34H2,1-12H3. The molecule has 8 aromatic carbocycles. The highest BCUT2D eigenvalue weighted by molar-refractivity contribution is 6.94. The summed E-state index contributed by atoms with van der Waals surface area (Å²) in [7, 11) is 0. The molecule has 10 aromatic rings. The molecule has 0 amide bonds. The first-order chi connectivity index (χ1) is 34.7. The lowest BCUT2D eigenvalue weighted by atomic mass is 9.43. The summed E-state index contributed by atoms with van der Waals surface area (Å²) >= 11 is 0. The third-order valence-corrected chi connectivity index (χ3v) is 18.1. The van der Waals surface area contributed by atoms with Gasteiger partial charge in [-0.05, 0) is 150 Å². The first kappa shape index (κ1) is 44.6.